The molecule has 2 aromatic rings. The van der Waals surface area contributed by atoms with Crippen LogP contribution in [0.1, 0.15) is 36.7 Å². The monoisotopic (exact) mass is 417 g/mol. The van der Waals surface area contributed by atoms with Gasteiger partial charge in [-0.15, -0.1) is 0 Å². The van der Waals surface area contributed by atoms with Gasteiger partial charge in [-0.25, -0.2) is 0 Å². The van der Waals surface area contributed by atoms with E-state index in [1.807, 2.05) is 42.2 Å². The third-order valence-electron chi connectivity index (χ3n) is 4.84. The van der Waals surface area contributed by atoms with Gasteiger partial charge in [0.1, 0.15) is 11.8 Å². The number of nitrogens with zero attached hydrogens (tertiary/aromatic N) is 3. The minimum atomic E-state index is -0.0127. The number of benzene rings is 1. The fourth-order valence-electron chi connectivity index (χ4n) is 3.62. The molecule has 3 heterocycles. The first-order valence-electron chi connectivity index (χ1n) is 8.46. The van der Waals surface area contributed by atoms with Crippen molar-refractivity contribution < 1.29 is 4.74 Å². The number of amidine groups is 1. The van der Waals surface area contributed by atoms with Crippen LogP contribution in [0.25, 0.3) is 0 Å². The molecular formula is C19H20BrN3OS. The van der Waals surface area contributed by atoms with E-state index >= 15 is 0 Å². The molecule has 0 N–H and O–H groups in total. The summed E-state index contributed by atoms with van der Waals surface area (Å²) in [7, 11) is 1.73. The standard InChI is InChI=1S/C19H20BrN3OS/c1-3-13-11-25-19-22-17(15-6-4-5-9-21-15)18(23(13)19)14-10-12(20)7-8-16(14)24-2/h4-10,13,17-18H,3,11H2,1-2H3. The fraction of sp³-hybridized carbons (Fsp3) is 0.368. The van der Waals surface area contributed by atoms with Crippen LogP contribution in [0.2, 0.25) is 0 Å². The summed E-state index contributed by atoms with van der Waals surface area (Å²) in [5.74, 6) is 1.99. The highest BCUT2D eigenvalue weighted by atomic mass is 79.9. The van der Waals surface area contributed by atoms with Gasteiger partial charge in [0.25, 0.3) is 0 Å². The Labute approximate surface area is 160 Å². The second kappa shape index (κ2) is 7.00. The Bertz CT molecular complexity index is 799. The van der Waals surface area contributed by atoms with Gasteiger partial charge in [-0.3, -0.25) is 9.98 Å². The first-order valence-corrected chi connectivity index (χ1v) is 10.2. The number of ether oxygens (including phenoxy) is 1. The van der Waals surface area contributed by atoms with E-state index < -0.39 is 0 Å². The average Bonchev–Trinajstić information content (AvgIpc) is 3.21. The lowest BCUT2D eigenvalue weighted by atomic mass is 9.94. The summed E-state index contributed by atoms with van der Waals surface area (Å²) >= 11 is 5.48. The van der Waals surface area contributed by atoms with Crippen LogP contribution < -0.4 is 4.74 Å². The van der Waals surface area contributed by atoms with Crippen LogP contribution in [0.4, 0.5) is 0 Å². The largest absolute Gasteiger partial charge is 0.496 e. The topological polar surface area (TPSA) is 37.7 Å². The summed E-state index contributed by atoms with van der Waals surface area (Å²) in [5.41, 5.74) is 2.17. The van der Waals surface area contributed by atoms with E-state index in [4.69, 9.17) is 9.73 Å². The van der Waals surface area contributed by atoms with Crippen molar-refractivity contribution in [2.75, 3.05) is 12.9 Å². The van der Waals surface area contributed by atoms with Gasteiger partial charge in [-0.05, 0) is 36.8 Å². The van der Waals surface area contributed by atoms with Crippen molar-refractivity contribution in [1.29, 1.82) is 0 Å². The van der Waals surface area contributed by atoms with E-state index in [9.17, 15) is 0 Å². The van der Waals surface area contributed by atoms with E-state index in [0.29, 0.717) is 6.04 Å². The van der Waals surface area contributed by atoms with Crippen molar-refractivity contribution in [3.63, 3.8) is 0 Å². The predicted molar refractivity (Wildman–Crippen MR) is 106 cm³/mol. The van der Waals surface area contributed by atoms with Crippen LogP contribution >= 0.6 is 27.7 Å². The summed E-state index contributed by atoms with van der Waals surface area (Å²) in [6.45, 7) is 2.25. The Morgan fingerprint density at radius 2 is 2.20 bits per heavy atom. The number of hydrogen-bond acceptors (Lipinski definition) is 5. The smallest absolute Gasteiger partial charge is 0.160 e. The molecule has 0 bridgehead atoms. The van der Waals surface area contributed by atoms with Crippen LogP contribution in [0.15, 0.2) is 52.1 Å². The van der Waals surface area contributed by atoms with E-state index in [0.717, 1.165) is 38.8 Å². The third kappa shape index (κ3) is 2.95. The van der Waals surface area contributed by atoms with Gasteiger partial charge in [-0.1, -0.05) is 40.7 Å². The number of thioether (sulfide) groups is 1. The Balaban J connectivity index is 1.85. The van der Waals surface area contributed by atoms with Crippen LogP contribution in [-0.4, -0.2) is 34.0 Å². The molecule has 2 aliphatic heterocycles. The van der Waals surface area contributed by atoms with Crippen molar-refractivity contribution >= 4 is 32.9 Å². The first-order chi connectivity index (χ1) is 12.2. The zero-order valence-corrected chi connectivity index (χ0v) is 16.6. The van der Waals surface area contributed by atoms with Gasteiger partial charge in [0.15, 0.2) is 5.17 Å². The molecule has 0 aliphatic carbocycles. The Morgan fingerprint density at radius 3 is 2.92 bits per heavy atom. The van der Waals surface area contributed by atoms with Crippen LogP contribution in [0, 0.1) is 0 Å². The second-order valence-corrected chi connectivity index (χ2v) is 8.13. The van der Waals surface area contributed by atoms with Gasteiger partial charge < -0.3 is 9.64 Å². The van der Waals surface area contributed by atoms with Crippen LogP contribution in [0.5, 0.6) is 5.75 Å². The van der Waals surface area contributed by atoms with E-state index in [1.165, 1.54) is 0 Å². The lowest BCUT2D eigenvalue weighted by Crippen LogP contribution is -2.35. The molecule has 3 atom stereocenters. The molecule has 130 valence electrons. The Kier molecular flexibility index (Phi) is 4.73. The van der Waals surface area contributed by atoms with Gasteiger partial charge in [0.2, 0.25) is 0 Å². The first kappa shape index (κ1) is 16.9. The molecule has 0 amide bonds. The van der Waals surface area contributed by atoms with E-state index in [2.05, 4.69) is 44.9 Å². The van der Waals surface area contributed by atoms with Crippen LogP contribution in [-0.2, 0) is 0 Å². The van der Waals surface area contributed by atoms with Crippen molar-refractivity contribution in [1.82, 2.24) is 9.88 Å². The average molecular weight is 418 g/mol. The quantitative estimate of drug-likeness (QED) is 0.713. The predicted octanol–water partition coefficient (Wildman–Crippen LogP) is 4.83. The summed E-state index contributed by atoms with van der Waals surface area (Å²) in [5, 5.41) is 1.13. The van der Waals surface area contributed by atoms with Gasteiger partial charge in [0.05, 0.1) is 18.8 Å². The van der Waals surface area contributed by atoms with Gasteiger partial charge >= 0.3 is 0 Å². The van der Waals surface area contributed by atoms with Crippen LogP contribution in [0.3, 0.4) is 0 Å². The summed E-state index contributed by atoms with van der Waals surface area (Å²) in [6, 6.07) is 12.8. The number of rotatable bonds is 4. The molecule has 6 heteroatoms. The fourth-order valence-corrected chi connectivity index (χ4v) is 5.34. The lowest BCUT2D eigenvalue weighted by molar-refractivity contribution is 0.249. The molecule has 0 radical (unpaired) electrons. The number of aromatic nitrogens is 1. The molecule has 0 saturated carbocycles. The molecule has 4 rings (SSSR count). The van der Waals surface area contributed by atoms with Gasteiger partial charge in [-0.2, -0.15) is 0 Å². The van der Waals surface area contributed by atoms with E-state index in [-0.39, 0.29) is 12.1 Å². The highest BCUT2D eigenvalue weighted by Crippen LogP contribution is 2.50. The maximum Gasteiger partial charge on any atom is 0.160 e. The molecule has 2 aliphatic rings. The zero-order valence-electron chi connectivity index (χ0n) is 14.2. The second-order valence-electron chi connectivity index (χ2n) is 6.22. The summed E-state index contributed by atoms with van der Waals surface area (Å²) in [6.07, 6.45) is 2.95. The highest BCUT2D eigenvalue weighted by molar-refractivity contribution is 9.10. The number of hydrogen-bond donors (Lipinski definition) is 0. The molecule has 25 heavy (non-hydrogen) atoms. The maximum atomic E-state index is 5.69. The normalized spacial score (nSPS) is 25.0. The lowest BCUT2D eigenvalue weighted by Gasteiger charge is -2.32. The molecule has 1 aromatic heterocycles. The maximum absolute atomic E-state index is 5.69. The number of aliphatic imine (C=N–C) groups is 1. The minimum absolute atomic E-state index is 0.0127. The SMILES string of the molecule is CCC1CSC2=NC(c3ccccn3)C(c3cc(Br)ccc3OC)N21. The number of methoxy groups -OCH3 is 1. The third-order valence-corrected chi connectivity index (χ3v) is 6.46. The zero-order chi connectivity index (χ0) is 17.4. The molecule has 4 nitrogen and oxygen atoms in total. The molecular weight excluding hydrogens is 398 g/mol. The Morgan fingerprint density at radius 1 is 1.32 bits per heavy atom. The molecule has 1 aromatic carbocycles. The minimum Gasteiger partial charge on any atom is -0.496 e. The Hall–Kier alpha value is -1.53. The molecule has 3 unspecified atom stereocenters. The molecule has 1 saturated heterocycles. The molecule has 1 fully saturated rings. The number of fused-ring (bicyclic) bond motifs is 1. The van der Waals surface area contributed by atoms with Crippen molar-refractivity contribution in [3.05, 3.63) is 58.3 Å². The van der Waals surface area contributed by atoms with E-state index in [1.54, 1.807) is 7.11 Å². The molecule has 0 spiro atoms. The summed E-state index contributed by atoms with van der Waals surface area (Å²) in [4.78, 5) is 12.1. The van der Waals surface area contributed by atoms with Gasteiger partial charge in [0, 0.05) is 28.0 Å². The van der Waals surface area contributed by atoms with Crippen molar-refractivity contribution in [3.8, 4) is 5.75 Å². The summed E-state index contributed by atoms with van der Waals surface area (Å²) < 4.78 is 6.74. The number of halogens is 1. The number of pyridine rings is 1. The van der Waals surface area contributed by atoms with Crippen molar-refractivity contribution in [2.45, 2.75) is 31.5 Å². The highest BCUT2D eigenvalue weighted by Gasteiger charge is 2.46. The van der Waals surface area contributed by atoms with Crippen molar-refractivity contribution in [2.24, 2.45) is 4.99 Å².